The van der Waals surface area contributed by atoms with Crippen LogP contribution >= 0.6 is 23.4 Å². The van der Waals surface area contributed by atoms with Gasteiger partial charge in [0.2, 0.25) is 11.1 Å². The van der Waals surface area contributed by atoms with Crippen LogP contribution in [0, 0.1) is 6.92 Å². The molecule has 5 rings (SSSR count). The van der Waals surface area contributed by atoms with E-state index in [0.717, 1.165) is 33.1 Å². The molecule has 1 amide bonds. The van der Waals surface area contributed by atoms with Crippen molar-refractivity contribution in [3.05, 3.63) is 111 Å². The minimum atomic E-state index is -0.431. The fourth-order valence-corrected chi connectivity index (χ4v) is 5.65. The molecule has 0 bridgehead atoms. The van der Waals surface area contributed by atoms with Crippen molar-refractivity contribution in [3.63, 3.8) is 0 Å². The number of allylic oxidation sites excluding steroid dienone is 1. The highest BCUT2D eigenvalue weighted by Gasteiger charge is 2.34. The van der Waals surface area contributed by atoms with Crippen LogP contribution < -0.4 is 10.6 Å². The van der Waals surface area contributed by atoms with Crippen LogP contribution in [0.4, 0.5) is 11.6 Å². The lowest BCUT2D eigenvalue weighted by Crippen LogP contribution is -2.31. The first-order chi connectivity index (χ1) is 18.3. The molecule has 6 nitrogen and oxygen atoms in total. The third-order valence-corrected chi connectivity index (χ3v) is 7.84. The van der Waals surface area contributed by atoms with Gasteiger partial charge in [-0.3, -0.25) is 4.79 Å². The molecule has 0 spiro atoms. The zero-order valence-electron chi connectivity index (χ0n) is 21.8. The topological polar surface area (TPSA) is 71.8 Å². The van der Waals surface area contributed by atoms with E-state index >= 15 is 0 Å². The number of nitrogens with zero attached hydrogens (tertiary/aromatic N) is 3. The Morgan fingerprint density at radius 2 is 1.84 bits per heavy atom. The highest BCUT2D eigenvalue weighted by molar-refractivity contribution is 7.98. The predicted molar refractivity (Wildman–Crippen MR) is 156 cm³/mol. The molecular weight excluding hydrogens is 514 g/mol. The van der Waals surface area contributed by atoms with Crippen LogP contribution in [0.1, 0.15) is 55.0 Å². The molecule has 1 unspecified atom stereocenters. The first-order valence-corrected chi connectivity index (χ1v) is 13.9. The van der Waals surface area contributed by atoms with Gasteiger partial charge in [-0.05, 0) is 60.2 Å². The summed E-state index contributed by atoms with van der Waals surface area (Å²) in [5.41, 5.74) is 6.41. The normalized spacial score (nSPS) is 14.8. The van der Waals surface area contributed by atoms with Crippen molar-refractivity contribution in [2.45, 2.75) is 50.6 Å². The summed E-state index contributed by atoms with van der Waals surface area (Å²) >= 11 is 7.87. The van der Waals surface area contributed by atoms with Gasteiger partial charge in [0.1, 0.15) is 6.04 Å². The van der Waals surface area contributed by atoms with E-state index in [9.17, 15) is 4.79 Å². The van der Waals surface area contributed by atoms with Gasteiger partial charge in [-0.25, -0.2) is 4.68 Å². The van der Waals surface area contributed by atoms with Gasteiger partial charge < -0.3 is 10.6 Å². The van der Waals surface area contributed by atoms with Crippen LogP contribution in [0.2, 0.25) is 5.02 Å². The minimum Gasteiger partial charge on any atom is -0.328 e. The maximum atomic E-state index is 13.7. The van der Waals surface area contributed by atoms with Crippen molar-refractivity contribution in [2.24, 2.45) is 0 Å². The van der Waals surface area contributed by atoms with Crippen molar-refractivity contribution < 1.29 is 4.79 Å². The van der Waals surface area contributed by atoms with E-state index < -0.39 is 6.04 Å². The first kappa shape index (κ1) is 26.1. The van der Waals surface area contributed by atoms with Crippen molar-refractivity contribution in [3.8, 4) is 0 Å². The third kappa shape index (κ3) is 5.49. The quantitative estimate of drug-likeness (QED) is 0.235. The highest BCUT2D eigenvalue weighted by atomic mass is 35.5. The number of anilines is 2. The Labute approximate surface area is 232 Å². The molecule has 1 aromatic heterocycles. The number of nitrogens with one attached hydrogen (secondary N) is 2. The van der Waals surface area contributed by atoms with Crippen LogP contribution in [0.5, 0.6) is 0 Å². The summed E-state index contributed by atoms with van der Waals surface area (Å²) in [5, 5.41) is 12.6. The van der Waals surface area contributed by atoms with Gasteiger partial charge in [0, 0.05) is 22.2 Å². The fraction of sp³-hybridized carbons (Fsp3) is 0.233. The number of hydrogen-bond acceptors (Lipinski definition) is 5. The minimum absolute atomic E-state index is 0.176. The molecule has 4 aromatic rings. The van der Waals surface area contributed by atoms with Gasteiger partial charge >= 0.3 is 0 Å². The average Bonchev–Trinajstić information content (AvgIpc) is 3.29. The summed E-state index contributed by atoms with van der Waals surface area (Å²) in [4.78, 5) is 18.5. The van der Waals surface area contributed by atoms with E-state index in [1.54, 1.807) is 0 Å². The SMILES string of the molecule is CC1=C(C(=O)Nc2cccc(C)c2)C(c2ccc(C(C)C)cc2)n2nc(SCc3ccccc3Cl)nc2N1. The molecule has 2 heterocycles. The van der Waals surface area contributed by atoms with Crippen molar-refractivity contribution >= 4 is 40.9 Å². The molecule has 38 heavy (non-hydrogen) atoms. The smallest absolute Gasteiger partial charge is 0.255 e. The molecule has 2 N–H and O–H groups in total. The Kier molecular flexibility index (Phi) is 7.58. The molecule has 0 radical (unpaired) electrons. The Balaban J connectivity index is 1.50. The first-order valence-electron chi connectivity index (χ1n) is 12.6. The molecule has 3 aromatic carbocycles. The van der Waals surface area contributed by atoms with E-state index in [0.29, 0.717) is 28.3 Å². The van der Waals surface area contributed by atoms with Gasteiger partial charge in [-0.2, -0.15) is 4.98 Å². The van der Waals surface area contributed by atoms with E-state index in [-0.39, 0.29) is 5.91 Å². The maximum absolute atomic E-state index is 13.7. The molecule has 8 heteroatoms. The Hall–Kier alpha value is -3.55. The Morgan fingerprint density at radius 1 is 1.08 bits per heavy atom. The predicted octanol–water partition coefficient (Wildman–Crippen LogP) is 7.58. The second-order valence-corrected chi connectivity index (χ2v) is 11.1. The van der Waals surface area contributed by atoms with E-state index in [1.807, 2.05) is 67.1 Å². The van der Waals surface area contributed by atoms with Crippen molar-refractivity contribution in [2.75, 3.05) is 10.6 Å². The van der Waals surface area contributed by atoms with Gasteiger partial charge in [-0.15, -0.1) is 5.10 Å². The number of aromatic nitrogens is 3. The van der Waals surface area contributed by atoms with E-state index in [1.165, 1.54) is 17.3 Å². The van der Waals surface area contributed by atoms with E-state index in [2.05, 4.69) is 48.7 Å². The summed E-state index contributed by atoms with van der Waals surface area (Å²) < 4.78 is 1.82. The summed E-state index contributed by atoms with van der Waals surface area (Å²) in [6.07, 6.45) is 0. The number of aryl methyl sites for hydroxylation is 1. The molecule has 1 atom stereocenters. The van der Waals surface area contributed by atoms with Gasteiger partial charge in [0.25, 0.3) is 5.91 Å². The summed E-state index contributed by atoms with van der Waals surface area (Å²) in [5.74, 6) is 1.48. The number of hydrogen-bond donors (Lipinski definition) is 2. The van der Waals surface area contributed by atoms with Gasteiger partial charge in [0.05, 0.1) is 5.57 Å². The van der Waals surface area contributed by atoms with Crippen LogP contribution in [0.15, 0.2) is 89.2 Å². The standard InChI is InChI=1S/C30H30ClN5OS/c1-18(2)21-12-14-22(15-13-21)27-26(28(37)33-24-10-7-8-19(3)16-24)20(4)32-29-34-30(35-36(27)29)38-17-23-9-5-6-11-25(23)31/h5-16,18,27H,17H2,1-4H3,(H,33,37)(H,32,34,35). The summed E-state index contributed by atoms with van der Waals surface area (Å²) in [6, 6.07) is 23.6. The molecule has 1 aliphatic heterocycles. The zero-order chi connectivity index (χ0) is 26.8. The molecule has 0 fully saturated rings. The Bertz CT molecular complexity index is 1510. The largest absolute Gasteiger partial charge is 0.328 e. The molecule has 194 valence electrons. The fourth-order valence-electron chi connectivity index (χ4n) is 4.54. The van der Waals surface area contributed by atoms with Gasteiger partial charge in [0.15, 0.2) is 0 Å². The molecular formula is C30H30ClN5OS. The highest BCUT2D eigenvalue weighted by Crippen LogP contribution is 2.37. The number of amides is 1. The number of fused-ring (bicyclic) bond motifs is 1. The number of rotatable bonds is 7. The third-order valence-electron chi connectivity index (χ3n) is 6.59. The zero-order valence-corrected chi connectivity index (χ0v) is 23.4. The number of carbonyl (C=O) groups excluding carboxylic acids is 1. The lowest BCUT2D eigenvalue weighted by Gasteiger charge is -2.29. The molecule has 0 saturated heterocycles. The van der Waals surface area contributed by atoms with Crippen LogP contribution in [0.25, 0.3) is 0 Å². The number of carbonyl (C=O) groups is 1. The van der Waals surface area contributed by atoms with Crippen LogP contribution in [-0.2, 0) is 10.5 Å². The maximum Gasteiger partial charge on any atom is 0.255 e. The number of benzene rings is 3. The van der Waals surface area contributed by atoms with Crippen molar-refractivity contribution in [1.29, 1.82) is 0 Å². The molecule has 0 aliphatic carbocycles. The molecule has 0 saturated carbocycles. The Morgan fingerprint density at radius 3 is 2.55 bits per heavy atom. The second kappa shape index (κ2) is 11.1. The monoisotopic (exact) mass is 543 g/mol. The summed E-state index contributed by atoms with van der Waals surface area (Å²) in [6.45, 7) is 8.25. The van der Waals surface area contributed by atoms with Crippen LogP contribution in [-0.4, -0.2) is 20.7 Å². The lowest BCUT2D eigenvalue weighted by atomic mass is 9.92. The number of halogens is 1. The van der Waals surface area contributed by atoms with Crippen molar-refractivity contribution in [1.82, 2.24) is 14.8 Å². The second-order valence-electron chi connectivity index (χ2n) is 9.75. The lowest BCUT2D eigenvalue weighted by molar-refractivity contribution is -0.113. The molecule has 1 aliphatic rings. The van der Waals surface area contributed by atoms with E-state index in [4.69, 9.17) is 21.7 Å². The van der Waals surface area contributed by atoms with Crippen LogP contribution in [0.3, 0.4) is 0 Å². The number of thioether (sulfide) groups is 1. The summed E-state index contributed by atoms with van der Waals surface area (Å²) in [7, 11) is 0. The van der Waals surface area contributed by atoms with Gasteiger partial charge in [-0.1, -0.05) is 91.8 Å². The average molecular weight is 544 g/mol.